The summed E-state index contributed by atoms with van der Waals surface area (Å²) in [6.07, 6.45) is 1.45. The maximum absolute atomic E-state index is 12.5. The van der Waals surface area contributed by atoms with Crippen molar-refractivity contribution in [2.45, 2.75) is 18.4 Å². The number of aryl methyl sites for hydroxylation is 1. The van der Waals surface area contributed by atoms with Gasteiger partial charge in [-0.3, -0.25) is 9.59 Å². The monoisotopic (exact) mass is 386 g/mol. The molecular weight excluding hydrogens is 368 g/mol. The van der Waals surface area contributed by atoms with E-state index in [0.29, 0.717) is 16.5 Å². The first-order valence-electron chi connectivity index (χ1n) is 8.10. The molecule has 140 valence electrons. The molecule has 7 nitrogen and oxygen atoms in total. The quantitative estimate of drug-likeness (QED) is 0.722. The number of carbonyl (C=O) groups is 1. The zero-order valence-corrected chi connectivity index (χ0v) is 15.6. The van der Waals surface area contributed by atoms with Crippen molar-refractivity contribution in [2.24, 2.45) is 0 Å². The number of nitrogens with one attached hydrogen (secondary N) is 1. The molecule has 3 rings (SSSR count). The molecule has 1 N–H and O–H groups in total. The topological polar surface area (TPSA) is 94.5 Å². The number of ether oxygens (including phenoxy) is 1. The number of hydrogen-bond donors (Lipinski definition) is 1. The first kappa shape index (κ1) is 18.7. The molecule has 1 heterocycles. The molecule has 8 heteroatoms. The predicted octanol–water partition coefficient (Wildman–Crippen LogP) is 1.82. The van der Waals surface area contributed by atoms with Crippen LogP contribution in [-0.4, -0.2) is 26.0 Å². The van der Waals surface area contributed by atoms with Gasteiger partial charge < -0.3 is 9.30 Å². The molecular formula is C19H18N2O5S. The predicted molar refractivity (Wildman–Crippen MR) is 101 cm³/mol. The smallest absolute Gasteiger partial charge is 0.264 e. The van der Waals surface area contributed by atoms with Crippen molar-refractivity contribution in [1.82, 2.24) is 9.29 Å². The zero-order chi connectivity index (χ0) is 19.6. The van der Waals surface area contributed by atoms with Crippen LogP contribution in [0.2, 0.25) is 0 Å². The number of benzene rings is 2. The number of rotatable bonds is 5. The Balaban J connectivity index is 1.82. The van der Waals surface area contributed by atoms with Crippen LogP contribution in [0.15, 0.2) is 64.4 Å². The van der Waals surface area contributed by atoms with E-state index in [-0.39, 0.29) is 4.90 Å². The van der Waals surface area contributed by atoms with E-state index in [0.717, 1.165) is 10.1 Å². The molecule has 0 atom stereocenters. The molecule has 27 heavy (non-hydrogen) atoms. The molecule has 1 amide bonds. The summed E-state index contributed by atoms with van der Waals surface area (Å²) in [6.45, 7) is 1.42. The van der Waals surface area contributed by atoms with Gasteiger partial charge >= 0.3 is 0 Å². The van der Waals surface area contributed by atoms with Gasteiger partial charge in [0.2, 0.25) is 0 Å². The Hall–Kier alpha value is -3.13. The minimum absolute atomic E-state index is 0.0144. The van der Waals surface area contributed by atoms with E-state index in [1.807, 2.05) is 11.6 Å². The van der Waals surface area contributed by atoms with Gasteiger partial charge in [-0.05, 0) is 48.7 Å². The van der Waals surface area contributed by atoms with Gasteiger partial charge in [-0.25, -0.2) is 13.1 Å². The van der Waals surface area contributed by atoms with Crippen molar-refractivity contribution >= 4 is 26.7 Å². The molecule has 0 unspecified atom stereocenters. The fourth-order valence-corrected chi connectivity index (χ4v) is 3.61. The van der Waals surface area contributed by atoms with Crippen molar-refractivity contribution < 1.29 is 17.9 Å². The molecule has 0 aliphatic rings. The summed E-state index contributed by atoms with van der Waals surface area (Å²) in [5.74, 6) is -0.188. The molecule has 3 aromatic rings. The lowest BCUT2D eigenvalue weighted by molar-refractivity contribution is -0.119. The summed E-state index contributed by atoms with van der Waals surface area (Å²) in [4.78, 5) is 24.7. The third-order valence-corrected chi connectivity index (χ3v) is 5.47. The van der Waals surface area contributed by atoms with E-state index in [1.165, 1.54) is 25.4 Å². The summed E-state index contributed by atoms with van der Waals surface area (Å²) < 4.78 is 32.8. The first-order chi connectivity index (χ1) is 12.8. The SMILES string of the molecule is COc1ccc2c(=O)n(CC(=O)NS(=O)(=O)c3ccc(C)cc3)ccc2c1. The lowest BCUT2D eigenvalue weighted by Gasteiger charge is -2.10. The van der Waals surface area contributed by atoms with Gasteiger partial charge in [0.25, 0.3) is 21.5 Å². The van der Waals surface area contributed by atoms with E-state index < -0.39 is 28.0 Å². The van der Waals surface area contributed by atoms with Crippen LogP contribution in [-0.2, 0) is 21.4 Å². The van der Waals surface area contributed by atoms with Crippen LogP contribution in [0.1, 0.15) is 5.56 Å². The fraction of sp³-hybridized carbons (Fsp3) is 0.158. The fourth-order valence-electron chi connectivity index (χ4n) is 2.63. The second-order valence-electron chi connectivity index (χ2n) is 6.04. The Morgan fingerprint density at radius 1 is 1.11 bits per heavy atom. The Labute approximate surface area is 156 Å². The Morgan fingerprint density at radius 2 is 1.81 bits per heavy atom. The number of nitrogens with zero attached hydrogens (tertiary/aromatic N) is 1. The summed E-state index contributed by atoms with van der Waals surface area (Å²) in [6, 6.07) is 12.7. The number of aromatic nitrogens is 1. The molecule has 0 spiro atoms. The molecule has 0 bridgehead atoms. The second kappa shape index (κ2) is 7.24. The van der Waals surface area contributed by atoms with Crippen LogP contribution in [0.25, 0.3) is 10.8 Å². The Bertz CT molecular complexity index is 1160. The van der Waals surface area contributed by atoms with Crippen LogP contribution in [0.5, 0.6) is 5.75 Å². The number of sulfonamides is 1. The minimum Gasteiger partial charge on any atom is -0.497 e. The van der Waals surface area contributed by atoms with E-state index in [1.54, 1.807) is 36.4 Å². The molecule has 2 aromatic carbocycles. The van der Waals surface area contributed by atoms with Gasteiger partial charge in [-0.2, -0.15) is 0 Å². The highest BCUT2D eigenvalue weighted by molar-refractivity contribution is 7.90. The standard InChI is InChI=1S/C19H18N2O5S/c1-13-3-6-16(7-4-13)27(24,25)20-18(22)12-21-10-9-14-11-15(26-2)5-8-17(14)19(21)23/h3-11H,12H2,1-2H3,(H,20,22). The maximum atomic E-state index is 12.5. The number of fused-ring (bicyclic) bond motifs is 1. The van der Waals surface area contributed by atoms with Crippen LogP contribution in [0, 0.1) is 6.92 Å². The third kappa shape index (κ3) is 4.01. The van der Waals surface area contributed by atoms with E-state index in [2.05, 4.69) is 0 Å². The molecule has 0 radical (unpaired) electrons. The minimum atomic E-state index is -3.99. The van der Waals surface area contributed by atoms with Crippen molar-refractivity contribution in [2.75, 3.05) is 7.11 Å². The van der Waals surface area contributed by atoms with E-state index in [4.69, 9.17) is 4.74 Å². The van der Waals surface area contributed by atoms with Gasteiger partial charge in [0.05, 0.1) is 12.0 Å². The summed E-state index contributed by atoms with van der Waals surface area (Å²) in [7, 11) is -2.46. The van der Waals surface area contributed by atoms with Gasteiger partial charge in [-0.15, -0.1) is 0 Å². The average Bonchev–Trinajstić information content (AvgIpc) is 2.63. The van der Waals surface area contributed by atoms with Crippen LogP contribution >= 0.6 is 0 Å². The molecule has 0 saturated carbocycles. The highest BCUT2D eigenvalue weighted by Crippen LogP contribution is 2.17. The number of pyridine rings is 1. The van der Waals surface area contributed by atoms with Gasteiger partial charge in [0.15, 0.2) is 0 Å². The Morgan fingerprint density at radius 3 is 2.48 bits per heavy atom. The zero-order valence-electron chi connectivity index (χ0n) is 14.8. The highest BCUT2D eigenvalue weighted by Gasteiger charge is 2.18. The third-order valence-electron chi connectivity index (χ3n) is 4.08. The molecule has 0 fully saturated rings. The summed E-state index contributed by atoms with van der Waals surface area (Å²) in [5, 5.41) is 1.08. The van der Waals surface area contributed by atoms with Crippen LogP contribution in [0.3, 0.4) is 0 Å². The van der Waals surface area contributed by atoms with Crippen molar-refractivity contribution in [3.63, 3.8) is 0 Å². The van der Waals surface area contributed by atoms with Crippen molar-refractivity contribution in [1.29, 1.82) is 0 Å². The van der Waals surface area contributed by atoms with Crippen molar-refractivity contribution in [3.8, 4) is 5.75 Å². The maximum Gasteiger partial charge on any atom is 0.264 e. The largest absolute Gasteiger partial charge is 0.497 e. The van der Waals surface area contributed by atoms with Gasteiger partial charge in [0.1, 0.15) is 12.3 Å². The molecule has 0 saturated heterocycles. The second-order valence-corrected chi connectivity index (χ2v) is 7.73. The number of carbonyl (C=O) groups excluding carboxylic acids is 1. The van der Waals surface area contributed by atoms with Gasteiger partial charge in [-0.1, -0.05) is 17.7 Å². The Kier molecular flexibility index (Phi) is 5.00. The lowest BCUT2D eigenvalue weighted by atomic mass is 10.1. The molecule has 0 aliphatic carbocycles. The normalized spacial score (nSPS) is 11.3. The number of hydrogen-bond acceptors (Lipinski definition) is 5. The van der Waals surface area contributed by atoms with Crippen molar-refractivity contribution in [3.05, 3.63) is 70.6 Å². The summed E-state index contributed by atoms with van der Waals surface area (Å²) in [5.41, 5.74) is 0.512. The van der Waals surface area contributed by atoms with E-state index >= 15 is 0 Å². The van der Waals surface area contributed by atoms with E-state index in [9.17, 15) is 18.0 Å². The average molecular weight is 386 g/mol. The molecule has 0 aliphatic heterocycles. The first-order valence-corrected chi connectivity index (χ1v) is 9.58. The summed E-state index contributed by atoms with van der Waals surface area (Å²) >= 11 is 0. The van der Waals surface area contributed by atoms with Crippen LogP contribution < -0.4 is 15.0 Å². The number of amides is 1. The lowest BCUT2D eigenvalue weighted by Crippen LogP contribution is -2.36. The van der Waals surface area contributed by atoms with Gasteiger partial charge in [0, 0.05) is 11.6 Å². The van der Waals surface area contributed by atoms with Crippen LogP contribution in [0.4, 0.5) is 0 Å². The highest BCUT2D eigenvalue weighted by atomic mass is 32.2. The molecule has 1 aromatic heterocycles. The number of methoxy groups -OCH3 is 1.